The molecule has 0 bridgehead atoms. The van der Waals surface area contributed by atoms with Crippen molar-refractivity contribution in [1.29, 1.82) is 0 Å². The second-order valence-corrected chi connectivity index (χ2v) is 9.82. The minimum atomic E-state index is -4.71. The monoisotopic (exact) mass is 566 g/mol. The first-order valence-corrected chi connectivity index (χ1v) is 11.7. The molecule has 168 valence electrons. The number of hydrogen-bond acceptors (Lipinski definition) is 3. The number of halogens is 6. The number of benzene rings is 3. The zero-order valence-corrected chi connectivity index (χ0v) is 19.6. The van der Waals surface area contributed by atoms with Crippen LogP contribution in [0.4, 0.5) is 24.5 Å². The smallest absolute Gasteiger partial charge is 0.322 e. The molecule has 0 aromatic heterocycles. The number of amides is 1. The van der Waals surface area contributed by atoms with Gasteiger partial charge in [-0.15, -0.1) is 0 Å². The minimum Gasteiger partial charge on any atom is -0.322 e. The van der Waals surface area contributed by atoms with Crippen LogP contribution in [0.2, 0.25) is 10.0 Å². The van der Waals surface area contributed by atoms with E-state index in [0.717, 1.165) is 18.2 Å². The maximum atomic E-state index is 13.0. The van der Waals surface area contributed by atoms with E-state index >= 15 is 0 Å². The van der Waals surface area contributed by atoms with Crippen molar-refractivity contribution in [2.45, 2.75) is 11.1 Å². The molecule has 0 atom stereocenters. The van der Waals surface area contributed by atoms with Crippen molar-refractivity contribution in [3.8, 4) is 0 Å². The zero-order valence-electron chi connectivity index (χ0n) is 15.7. The summed E-state index contributed by atoms with van der Waals surface area (Å²) in [6, 6.07) is 11.8. The Morgan fingerprint density at radius 1 is 0.938 bits per heavy atom. The molecule has 5 nitrogen and oxygen atoms in total. The van der Waals surface area contributed by atoms with Gasteiger partial charge in [-0.25, -0.2) is 8.42 Å². The average Bonchev–Trinajstić information content (AvgIpc) is 2.71. The van der Waals surface area contributed by atoms with Gasteiger partial charge in [0.05, 0.1) is 31.8 Å². The summed E-state index contributed by atoms with van der Waals surface area (Å²) in [4.78, 5) is 12.2. The lowest BCUT2D eigenvalue weighted by Crippen LogP contribution is -2.19. The summed E-state index contributed by atoms with van der Waals surface area (Å²) < 4.78 is 67.0. The summed E-state index contributed by atoms with van der Waals surface area (Å²) in [5, 5.41) is 3.04. The SMILES string of the molecule is O=C(Nc1ccc(Cl)c(Cl)c1)c1cc(Br)ccc1NS(=O)(=O)c1cccc(C(F)(F)F)c1. The average molecular weight is 568 g/mol. The Hall–Kier alpha value is -2.27. The number of nitrogens with one attached hydrogen (secondary N) is 2. The summed E-state index contributed by atoms with van der Waals surface area (Å²) in [5.41, 5.74) is -1.03. The van der Waals surface area contributed by atoms with Gasteiger partial charge >= 0.3 is 6.18 Å². The highest BCUT2D eigenvalue weighted by Crippen LogP contribution is 2.32. The summed E-state index contributed by atoms with van der Waals surface area (Å²) in [5.74, 6) is -0.688. The second kappa shape index (κ2) is 9.30. The molecular formula is C20H12BrCl2F3N2O3S. The van der Waals surface area contributed by atoms with E-state index in [1.807, 2.05) is 0 Å². The van der Waals surface area contributed by atoms with E-state index in [1.54, 1.807) is 0 Å². The molecule has 0 aliphatic carbocycles. The standard InChI is InChI=1S/C20H12BrCl2F3N2O3S/c21-12-4-7-18(15(9-12)19(29)27-13-5-6-16(22)17(23)10-13)28-32(30,31)14-3-1-2-11(8-14)20(24,25)26/h1-10,28H,(H,27,29). The van der Waals surface area contributed by atoms with E-state index in [4.69, 9.17) is 23.2 Å². The Morgan fingerprint density at radius 2 is 1.66 bits per heavy atom. The highest BCUT2D eigenvalue weighted by molar-refractivity contribution is 9.10. The van der Waals surface area contributed by atoms with Gasteiger partial charge in [0.2, 0.25) is 0 Å². The van der Waals surface area contributed by atoms with Gasteiger partial charge in [0, 0.05) is 10.2 Å². The van der Waals surface area contributed by atoms with Crippen LogP contribution in [0.1, 0.15) is 15.9 Å². The molecule has 1 amide bonds. The van der Waals surface area contributed by atoms with Crippen LogP contribution in [0.5, 0.6) is 0 Å². The fourth-order valence-corrected chi connectivity index (χ4v) is 4.39. The van der Waals surface area contributed by atoms with E-state index in [9.17, 15) is 26.4 Å². The van der Waals surface area contributed by atoms with Crippen LogP contribution in [0.3, 0.4) is 0 Å². The van der Waals surface area contributed by atoms with Crippen LogP contribution in [-0.4, -0.2) is 14.3 Å². The summed E-state index contributed by atoms with van der Waals surface area (Å²) in [6.45, 7) is 0. The van der Waals surface area contributed by atoms with E-state index < -0.39 is 32.6 Å². The largest absolute Gasteiger partial charge is 0.416 e. The molecule has 32 heavy (non-hydrogen) atoms. The van der Waals surface area contributed by atoms with E-state index in [0.29, 0.717) is 16.2 Å². The van der Waals surface area contributed by atoms with Gasteiger partial charge in [0.15, 0.2) is 0 Å². The van der Waals surface area contributed by atoms with Crippen LogP contribution in [0, 0.1) is 0 Å². The van der Waals surface area contributed by atoms with Gasteiger partial charge in [-0.1, -0.05) is 45.2 Å². The molecule has 0 unspecified atom stereocenters. The quantitative estimate of drug-likeness (QED) is 0.355. The van der Waals surface area contributed by atoms with Gasteiger partial charge in [-0.05, 0) is 54.6 Å². The topological polar surface area (TPSA) is 75.3 Å². The molecule has 0 aliphatic heterocycles. The van der Waals surface area contributed by atoms with Crippen molar-refractivity contribution in [3.05, 3.63) is 86.3 Å². The Morgan fingerprint density at radius 3 is 2.31 bits per heavy atom. The molecule has 0 saturated carbocycles. The molecule has 0 heterocycles. The van der Waals surface area contributed by atoms with Crippen molar-refractivity contribution < 1.29 is 26.4 Å². The lowest BCUT2D eigenvalue weighted by Gasteiger charge is -2.14. The normalized spacial score (nSPS) is 11.8. The number of anilines is 2. The maximum Gasteiger partial charge on any atom is 0.416 e. The molecule has 12 heteroatoms. The van der Waals surface area contributed by atoms with Crippen LogP contribution < -0.4 is 10.0 Å². The number of sulfonamides is 1. The molecule has 3 rings (SSSR count). The van der Waals surface area contributed by atoms with Crippen molar-refractivity contribution in [1.82, 2.24) is 0 Å². The highest BCUT2D eigenvalue weighted by atomic mass is 79.9. The zero-order chi connectivity index (χ0) is 23.7. The highest BCUT2D eigenvalue weighted by Gasteiger charge is 2.32. The van der Waals surface area contributed by atoms with Gasteiger partial charge in [-0.2, -0.15) is 13.2 Å². The molecule has 0 saturated heterocycles. The maximum absolute atomic E-state index is 13.0. The lowest BCUT2D eigenvalue weighted by atomic mass is 10.1. The number of carbonyl (C=O) groups excluding carboxylic acids is 1. The van der Waals surface area contributed by atoms with Gasteiger partial charge in [0.25, 0.3) is 15.9 Å². The lowest BCUT2D eigenvalue weighted by molar-refractivity contribution is -0.137. The number of hydrogen-bond donors (Lipinski definition) is 2. The van der Waals surface area contributed by atoms with Crippen LogP contribution in [0.25, 0.3) is 0 Å². The summed E-state index contributed by atoms with van der Waals surface area (Å²) in [6.07, 6.45) is -4.71. The number of carbonyl (C=O) groups is 1. The van der Waals surface area contributed by atoms with E-state index in [1.165, 1.54) is 36.4 Å². The van der Waals surface area contributed by atoms with Crippen LogP contribution in [0.15, 0.2) is 70.0 Å². The van der Waals surface area contributed by atoms with Crippen molar-refractivity contribution >= 4 is 66.4 Å². The van der Waals surface area contributed by atoms with Gasteiger partial charge in [0.1, 0.15) is 0 Å². The van der Waals surface area contributed by atoms with Gasteiger partial charge < -0.3 is 5.32 Å². The van der Waals surface area contributed by atoms with Crippen molar-refractivity contribution in [2.24, 2.45) is 0 Å². The fourth-order valence-electron chi connectivity index (χ4n) is 2.61. The predicted molar refractivity (Wildman–Crippen MR) is 121 cm³/mol. The Balaban J connectivity index is 1.94. The molecule has 0 aliphatic rings. The summed E-state index contributed by atoms with van der Waals surface area (Å²) in [7, 11) is -4.43. The van der Waals surface area contributed by atoms with Crippen molar-refractivity contribution in [2.75, 3.05) is 10.0 Å². The first kappa shape index (κ1) is 24.4. The third-order valence-electron chi connectivity index (χ3n) is 4.12. The number of rotatable bonds is 5. The molecular weight excluding hydrogens is 556 g/mol. The van der Waals surface area contributed by atoms with E-state index in [2.05, 4.69) is 26.0 Å². The molecule has 0 fully saturated rings. The Bertz CT molecular complexity index is 1300. The van der Waals surface area contributed by atoms with Gasteiger partial charge in [-0.3, -0.25) is 9.52 Å². The van der Waals surface area contributed by atoms with Crippen LogP contribution >= 0.6 is 39.1 Å². The Labute approximate surface area is 199 Å². The Kier molecular flexibility index (Phi) is 7.09. The molecule has 3 aromatic rings. The first-order valence-electron chi connectivity index (χ1n) is 8.63. The fraction of sp³-hybridized carbons (Fsp3) is 0.0500. The van der Waals surface area contributed by atoms with E-state index in [-0.39, 0.29) is 21.3 Å². The summed E-state index contributed by atoms with van der Waals surface area (Å²) >= 11 is 15.0. The first-order chi connectivity index (χ1) is 14.9. The second-order valence-electron chi connectivity index (χ2n) is 6.40. The third kappa shape index (κ3) is 5.74. The third-order valence-corrected chi connectivity index (χ3v) is 6.72. The van der Waals surface area contributed by atoms with Crippen LogP contribution in [-0.2, 0) is 16.2 Å². The minimum absolute atomic E-state index is 0.0824. The molecule has 3 aromatic carbocycles. The van der Waals surface area contributed by atoms with Crippen molar-refractivity contribution in [3.63, 3.8) is 0 Å². The molecule has 0 radical (unpaired) electrons. The number of alkyl halides is 3. The molecule has 2 N–H and O–H groups in total. The predicted octanol–water partition coefficient (Wildman–Crippen LogP) is 6.83. The molecule has 0 spiro atoms.